The van der Waals surface area contributed by atoms with Crippen LogP contribution in [0.2, 0.25) is 0 Å². The number of hydrogen-bond acceptors (Lipinski definition) is 5. The molecule has 7 heteroatoms. The van der Waals surface area contributed by atoms with E-state index in [0.29, 0.717) is 43.9 Å². The molecule has 0 atom stereocenters. The van der Waals surface area contributed by atoms with Crippen molar-refractivity contribution in [1.29, 1.82) is 0 Å². The molecule has 1 amide bonds. The highest BCUT2D eigenvalue weighted by Gasteiger charge is 2.22. The van der Waals surface area contributed by atoms with Gasteiger partial charge in [0, 0.05) is 18.8 Å². The monoisotopic (exact) mass is 488 g/mol. The zero-order valence-electron chi connectivity index (χ0n) is 20.4. The molecule has 3 aromatic rings. The summed E-state index contributed by atoms with van der Waals surface area (Å²) >= 11 is 0. The Balaban J connectivity index is 1.66. The van der Waals surface area contributed by atoms with Gasteiger partial charge in [-0.2, -0.15) is 0 Å². The molecule has 7 nitrogen and oxygen atoms in total. The number of carboxylic acid groups (broad SMARTS) is 1. The van der Waals surface area contributed by atoms with Crippen LogP contribution in [0.25, 0.3) is 11.1 Å². The van der Waals surface area contributed by atoms with E-state index in [4.69, 9.17) is 4.74 Å². The van der Waals surface area contributed by atoms with Gasteiger partial charge in [0.05, 0.1) is 29.5 Å². The van der Waals surface area contributed by atoms with E-state index in [1.54, 1.807) is 24.3 Å². The Labute approximate surface area is 211 Å². The predicted molar refractivity (Wildman–Crippen MR) is 141 cm³/mol. The maximum atomic E-state index is 13.5. The molecule has 1 saturated heterocycles. The van der Waals surface area contributed by atoms with Crippen molar-refractivity contribution in [2.75, 3.05) is 29.9 Å². The smallest absolute Gasteiger partial charge is 0.337 e. The second-order valence-electron chi connectivity index (χ2n) is 8.99. The minimum Gasteiger partial charge on any atom is -0.493 e. The van der Waals surface area contributed by atoms with Gasteiger partial charge in [-0.25, -0.2) is 4.79 Å². The number of anilines is 2. The SMILES string of the molecule is CCCCOc1ccc(N2CCC(O)CC2)cc1C(=O)Nc1cc(-c2ccccc2)ccc1C(=O)O. The van der Waals surface area contributed by atoms with Crippen LogP contribution in [-0.4, -0.2) is 47.9 Å². The first-order chi connectivity index (χ1) is 17.5. The van der Waals surface area contributed by atoms with Crippen molar-refractivity contribution < 1.29 is 24.5 Å². The summed E-state index contributed by atoms with van der Waals surface area (Å²) in [5.74, 6) is -1.10. The number of unbranched alkanes of at least 4 members (excludes halogenated alkanes) is 1. The van der Waals surface area contributed by atoms with Crippen molar-refractivity contribution >= 4 is 23.3 Å². The van der Waals surface area contributed by atoms with Gasteiger partial charge in [-0.1, -0.05) is 49.7 Å². The largest absolute Gasteiger partial charge is 0.493 e. The van der Waals surface area contributed by atoms with Crippen LogP contribution < -0.4 is 15.0 Å². The summed E-state index contributed by atoms with van der Waals surface area (Å²) in [4.78, 5) is 27.6. The normalized spacial score (nSPS) is 13.9. The molecule has 4 rings (SSSR count). The second kappa shape index (κ2) is 11.7. The van der Waals surface area contributed by atoms with Crippen LogP contribution in [0.4, 0.5) is 11.4 Å². The Kier molecular flexibility index (Phi) is 8.23. The van der Waals surface area contributed by atoms with E-state index < -0.39 is 11.9 Å². The topological polar surface area (TPSA) is 99.1 Å². The van der Waals surface area contributed by atoms with Crippen LogP contribution in [0, 0.1) is 0 Å². The lowest BCUT2D eigenvalue weighted by Crippen LogP contribution is -2.35. The van der Waals surface area contributed by atoms with E-state index in [-0.39, 0.29) is 17.4 Å². The minimum absolute atomic E-state index is 0.0117. The lowest BCUT2D eigenvalue weighted by molar-refractivity contribution is 0.0698. The van der Waals surface area contributed by atoms with Gasteiger partial charge in [0.1, 0.15) is 5.75 Å². The first-order valence-corrected chi connectivity index (χ1v) is 12.4. The number of benzene rings is 3. The Morgan fingerprint density at radius 3 is 2.42 bits per heavy atom. The third kappa shape index (κ3) is 6.04. The number of carbonyl (C=O) groups is 2. The lowest BCUT2D eigenvalue weighted by Gasteiger charge is -2.32. The standard InChI is InChI=1S/C29H32N2O5/c1-2-3-17-36-27-12-10-22(31-15-13-23(32)14-16-31)19-25(27)28(33)30-26-18-21(9-11-24(26)29(34)35)20-7-5-4-6-8-20/h4-12,18-19,23,32H,2-3,13-17H2,1H3,(H,30,33)(H,34,35). The van der Waals surface area contributed by atoms with Crippen molar-refractivity contribution in [3.8, 4) is 16.9 Å². The Bertz CT molecular complexity index is 1200. The van der Waals surface area contributed by atoms with Gasteiger partial charge in [0.15, 0.2) is 0 Å². The number of carboxylic acids is 1. The van der Waals surface area contributed by atoms with Crippen LogP contribution >= 0.6 is 0 Å². The van der Waals surface area contributed by atoms with Crippen LogP contribution in [0.3, 0.4) is 0 Å². The molecule has 188 valence electrons. The predicted octanol–water partition coefficient (Wildman–Crippen LogP) is 5.44. The van der Waals surface area contributed by atoms with Gasteiger partial charge in [0.25, 0.3) is 5.91 Å². The highest BCUT2D eigenvalue weighted by Crippen LogP contribution is 2.30. The van der Waals surface area contributed by atoms with Crippen LogP contribution in [-0.2, 0) is 0 Å². The van der Waals surface area contributed by atoms with Gasteiger partial charge in [-0.3, -0.25) is 4.79 Å². The molecule has 1 fully saturated rings. The molecule has 1 aliphatic heterocycles. The quantitative estimate of drug-likeness (QED) is 0.347. The zero-order chi connectivity index (χ0) is 25.5. The lowest BCUT2D eigenvalue weighted by atomic mass is 10.0. The van der Waals surface area contributed by atoms with Crippen molar-refractivity contribution in [1.82, 2.24) is 0 Å². The average molecular weight is 489 g/mol. The molecule has 0 aromatic heterocycles. The molecule has 1 aliphatic rings. The van der Waals surface area contributed by atoms with Crippen LogP contribution in [0.5, 0.6) is 5.75 Å². The maximum absolute atomic E-state index is 13.5. The van der Waals surface area contributed by atoms with Gasteiger partial charge < -0.3 is 25.2 Å². The summed E-state index contributed by atoms with van der Waals surface area (Å²) in [6.45, 7) is 3.94. The first kappa shape index (κ1) is 25.3. The van der Waals surface area contributed by atoms with Crippen molar-refractivity contribution in [2.45, 2.75) is 38.7 Å². The molecule has 36 heavy (non-hydrogen) atoms. The summed E-state index contributed by atoms with van der Waals surface area (Å²) in [5, 5.41) is 22.4. The molecular formula is C29H32N2O5. The van der Waals surface area contributed by atoms with E-state index in [2.05, 4.69) is 17.1 Å². The van der Waals surface area contributed by atoms with Crippen LogP contribution in [0.1, 0.15) is 53.3 Å². The molecule has 0 radical (unpaired) electrons. The van der Waals surface area contributed by atoms with Crippen molar-refractivity contribution in [3.05, 3.63) is 77.9 Å². The Morgan fingerprint density at radius 2 is 1.72 bits per heavy atom. The third-order valence-electron chi connectivity index (χ3n) is 6.40. The van der Waals surface area contributed by atoms with Crippen LogP contribution in [0.15, 0.2) is 66.7 Å². The highest BCUT2D eigenvalue weighted by atomic mass is 16.5. The number of rotatable bonds is 9. The van der Waals surface area contributed by atoms with Gasteiger partial charge in [0.2, 0.25) is 0 Å². The van der Waals surface area contributed by atoms with E-state index in [9.17, 15) is 19.8 Å². The van der Waals surface area contributed by atoms with E-state index >= 15 is 0 Å². The molecule has 3 N–H and O–H groups in total. The number of amides is 1. The molecule has 0 bridgehead atoms. The molecule has 1 heterocycles. The zero-order valence-corrected chi connectivity index (χ0v) is 20.4. The molecule has 0 spiro atoms. The van der Waals surface area contributed by atoms with Gasteiger partial charge in [-0.05, 0) is 60.7 Å². The summed E-state index contributed by atoms with van der Waals surface area (Å²) in [6, 6.07) is 20.0. The molecule has 0 saturated carbocycles. The number of aromatic carboxylic acids is 1. The third-order valence-corrected chi connectivity index (χ3v) is 6.40. The van der Waals surface area contributed by atoms with E-state index in [1.165, 1.54) is 6.07 Å². The number of hydrogen-bond donors (Lipinski definition) is 3. The van der Waals surface area contributed by atoms with Crippen molar-refractivity contribution in [2.24, 2.45) is 0 Å². The maximum Gasteiger partial charge on any atom is 0.337 e. The fraction of sp³-hybridized carbons (Fsp3) is 0.310. The fourth-order valence-electron chi connectivity index (χ4n) is 4.30. The van der Waals surface area contributed by atoms with E-state index in [1.807, 2.05) is 36.4 Å². The highest BCUT2D eigenvalue weighted by molar-refractivity contribution is 6.10. The number of piperidine rings is 1. The van der Waals surface area contributed by atoms with Gasteiger partial charge >= 0.3 is 5.97 Å². The Hall–Kier alpha value is -3.84. The summed E-state index contributed by atoms with van der Waals surface area (Å²) in [7, 11) is 0. The number of nitrogens with zero attached hydrogens (tertiary/aromatic N) is 1. The van der Waals surface area contributed by atoms with Gasteiger partial charge in [-0.15, -0.1) is 0 Å². The fourth-order valence-corrected chi connectivity index (χ4v) is 4.30. The number of ether oxygens (including phenoxy) is 1. The molecule has 0 unspecified atom stereocenters. The summed E-state index contributed by atoms with van der Waals surface area (Å²) in [6.07, 6.45) is 2.86. The number of carbonyl (C=O) groups excluding carboxylic acids is 1. The summed E-state index contributed by atoms with van der Waals surface area (Å²) in [5.41, 5.74) is 3.17. The Morgan fingerprint density at radius 1 is 0.972 bits per heavy atom. The minimum atomic E-state index is -1.12. The average Bonchev–Trinajstić information content (AvgIpc) is 2.89. The molecule has 0 aliphatic carbocycles. The second-order valence-corrected chi connectivity index (χ2v) is 8.99. The molecular weight excluding hydrogens is 456 g/mol. The number of aliphatic hydroxyl groups is 1. The van der Waals surface area contributed by atoms with Crippen molar-refractivity contribution in [3.63, 3.8) is 0 Å². The number of aliphatic hydroxyl groups excluding tert-OH is 1. The number of nitrogens with one attached hydrogen (secondary N) is 1. The van der Waals surface area contributed by atoms with E-state index in [0.717, 1.165) is 29.7 Å². The summed E-state index contributed by atoms with van der Waals surface area (Å²) < 4.78 is 5.93. The molecule has 3 aromatic carbocycles. The first-order valence-electron chi connectivity index (χ1n) is 12.4.